The third-order valence-electron chi connectivity index (χ3n) is 3.30. The molecule has 0 aromatic heterocycles. The summed E-state index contributed by atoms with van der Waals surface area (Å²) >= 11 is 5.79. The van der Waals surface area contributed by atoms with E-state index in [1.165, 1.54) is 4.90 Å². The lowest BCUT2D eigenvalue weighted by atomic mass is 10.1. The first kappa shape index (κ1) is 12.9. The number of hydrogen-bond donors (Lipinski definition) is 1. The Morgan fingerprint density at radius 2 is 1.95 bits per heavy atom. The van der Waals surface area contributed by atoms with Gasteiger partial charge in [0.05, 0.1) is 0 Å². The second-order valence-corrected chi connectivity index (χ2v) is 5.01. The van der Waals surface area contributed by atoms with Crippen LogP contribution >= 0.6 is 11.6 Å². The van der Waals surface area contributed by atoms with Gasteiger partial charge >= 0.3 is 5.91 Å². The van der Waals surface area contributed by atoms with E-state index < -0.39 is 11.7 Å². The molecule has 1 aromatic carbocycles. The molecule has 20 heavy (non-hydrogen) atoms. The standard InChI is InChI=1S/C14H11ClN2O3/c15-9-4-2-8(3-5-9)11(18)10-12(19)14(20)17-7-1-6-16-13(10)17/h2-5,18H,1,6-7H2/b11-10-. The highest BCUT2D eigenvalue weighted by atomic mass is 35.5. The second-order valence-electron chi connectivity index (χ2n) is 4.58. The van der Waals surface area contributed by atoms with E-state index in [2.05, 4.69) is 4.99 Å². The number of aliphatic imine (C=N–C) groups is 1. The monoisotopic (exact) mass is 290 g/mol. The number of nitrogens with zero attached hydrogens (tertiary/aromatic N) is 2. The summed E-state index contributed by atoms with van der Waals surface area (Å²) in [6, 6.07) is 6.40. The molecule has 0 saturated carbocycles. The molecule has 0 spiro atoms. The number of fused-ring (bicyclic) bond motifs is 1. The molecular weight excluding hydrogens is 280 g/mol. The number of hydrogen-bond acceptors (Lipinski definition) is 4. The van der Waals surface area contributed by atoms with Gasteiger partial charge in [-0.25, -0.2) is 0 Å². The lowest BCUT2D eigenvalue weighted by Gasteiger charge is -2.19. The van der Waals surface area contributed by atoms with Gasteiger partial charge in [0.1, 0.15) is 17.2 Å². The number of Topliss-reactive ketones (excluding diaryl/α,β-unsaturated/α-hetero) is 1. The van der Waals surface area contributed by atoms with Crippen molar-refractivity contribution in [1.82, 2.24) is 4.90 Å². The maximum Gasteiger partial charge on any atom is 0.300 e. The van der Waals surface area contributed by atoms with Crippen molar-refractivity contribution in [2.75, 3.05) is 13.1 Å². The Kier molecular flexibility index (Phi) is 3.06. The van der Waals surface area contributed by atoms with E-state index >= 15 is 0 Å². The van der Waals surface area contributed by atoms with Gasteiger partial charge in [-0.15, -0.1) is 0 Å². The summed E-state index contributed by atoms with van der Waals surface area (Å²) in [6.45, 7) is 1.00. The average molecular weight is 291 g/mol. The predicted octanol–water partition coefficient (Wildman–Crippen LogP) is 1.82. The highest BCUT2D eigenvalue weighted by molar-refractivity contribution is 6.58. The Morgan fingerprint density at radius 1 is 1.25 bits per heavy atom. The second kappa shape index (κ2) is 4.76. The van der Waals surface area contributed by atoms with Crippen molar-refractivity contribution in [3.63, 3.8) is 0 Å². The molecule has 0 radical (unpaired) electrons. The maximum absolute atomic E-state index is 12.0. The molecule has 3 rings (SSSR count). The molecule has 5 nitrogen and oxygen atoms in total. The minimum absolute atomic E-state index is 0.0166. The van der Waals surface area contributed by atoms with Crippen LogP contribution in [0.1, 0.15) is 12.0 Å². The van der Waals surface area contributed by atoms with Crippen molar-refractivity contribution >= 4 is 34.9 Å². The summed E-state index contributed by atoms with van der Waals surface area (Å²) in [6.07, 6.45) is 0.720. The highest BCUT2D eigenvalue weighted by Gasteiger charge is 2.43. The number of carbonyl (C=O) groups is 2. The number of rotatable bonds is 1. The van der Waals surface area contributed by atoms with Crippen LogP contribution in [-0.4, -0.2) is 40.6 Å². The molecule has 0 bridgehead atoms. The Bertz CT molecular complexity index is 662. The molecule has 0 atom stereocenters. The van der Waals surface area contributed by atoms with E-state index in [-0.39, 0.29) is 17.2 Å². The molecular formula is C14H11ClN2O3. The van der Waals surface area contributed by atoms with Crippen molar-refractivity contribution < 1.29 is 14.7 Å². The summed E-state index contributed by atoms with van der Waals surface area (Å²) in [5.41, 5.74) is 0.415. The molecule has 0 unspecified atom stereocenters. The van der Waals surface area contributed by atoms with Crippen molar-refractivity contribution in [3.05, 3.63) is 40.4 Å². The summed E-state index contributed by atoms with van der Waals surface area (Å²) in [4.78, 5) is 29.4. The minimum Gasteiger partial charge on any atom is -0.506 e. The summed E-state index contributed by atoms with van der Waals surface area (Å²) in [5, 5.41) is 10.8. The average Bonchev–Trinajstić information content (AvgIpc) is 2.72. The van der Waals surface area contributed by atoms with E-state index in [9.17, 15) is 14.7 Å². The molecule has 102 valence electrons. The molecule has 1 aromatic rings. The van der Waals surface area contributed by atoms with Gasteiger partial charge in [0.25, 0.3) is 5.78 Å². The Morgan fingerprint density at radius 3 is 2.65 bits per heavy atom. The number of carbonyl (C=O) groups excluding carboxylic acids is 2. The largest absolute Gasteiger partial charge is 0.506 e. The third kappa shape index (κ3) is 1.91. The number of ketones is 1. The van der Waals surface area contributed by atoms with E-state index in [1.54, 1.807) is 24.3 Å². The first-order valence-corrected chi connectivity index (χ1v) is 6.57. The van der Waals surface area contributed by atoms with Crippen LogP contribution in [0.15, 0.2) is 34.8 Å². The number of amides is 1. The van der Waals surface area contributed by atoms with Crippen LogP contribution < -0.4 is 0 Å². The Hall–Kier alpha value is -2.14. The molecule has 2 aliphatic rings. The summed E-state index contributed by atoms with van der Waals surface area (Å²) in [7, 11) is 0. The van der Waals surface area contributed by atoms with Crippen molar-refractivity contribution in [2.45, 2.75) is 6.42 Å². The fourth-order valence-corrected chi connectivity index (χ4v) is 2.44. The zero-order valence-corrected chi connectivity index (χ0v) is 11.2. The van der Waals surface area contributed by atoms with Gasteiger partial charge in [-0.05, 0) is 30.7 Å². The normalized spacial score (nSPS) is 20.9. The van der Waals surface area contributed by atoms with Gasteiger partial charge in [-0.1, -0.05) is 11.6 Å². The molecule has 6 heteroatoms. The SMILES string of the molecule is O=C1C(=O)N2CCCN=C2/C1=C(\O)c1ccc(Cl)cc1. The van der Waals surface area contributed by atoms with E-state index in [4.69, 9.17) is 11.6 Å². The number of benzene rings is 1. The smallest absolute Gasteiger partial charge is 0.300 e. The zero-order chi connectivity index (χ0) is 14.3. The fourth-order valence-electron chi connectivity index (χ4n) is 2.31. The molecule has 1 amide bonds. The van der Waals surface area contributed by atoms with Gasteiger partial charge in [0.2, 0.25) is 0 Å². The lowest BCUT2D eigenvalue weighted by Crippen LogP contribution is -2.35. The molecule has 2 aliphatic heterocycles. The Labute approximate surface area is 120 Å². The van der Waals surface area contributed by atoms with Gasteiger partial charge in [0.15, 0.2) is 0 Å². The number of amidine groups is 1. The Balaban J connectivity index is 2.13. The quantitative estimate of drug-likeness (QED) is 0.487. The van der Waals surface area contributed by atoms with Crippen LogP contribution in [0.25, 0.3) is 5.76 Å². The number of aliphatic hydroxyl groups is 1. The van der Waals surface area contributed by atoms with Gasteiger partial charge in [-0.2, -0.15) is 0 Å². The number of aliphatic hydroxyl groups excluding tert-OH is 1. The van der Waals surface area contributed by atoms with Crippen LogP contribution in [0.3, 0.4) is 0 Å². The fraction of sp³-hybridized carbons (Fsp3) is 0.214. The van der Waals surface area contributed by atoms with Crippen molar-refractivity contribution in [1.29, 1.82) is 0 Å². The van der Waals surface area contributed by atoms with Gasteiger partial charge in [-0.3, -0.25) is 19.5 Å². The highest BCUT2D eigenvalue weighted by Crippen LogP contribution is 2.27. The third-order valence-corrected chi connectivity index (χ3v) is 3.55. The van der Waals surface area contributed by atoms with Gasteiger partial charge < -0.3 is 5.11 Å². The molecule has 0 aliphatic carbocycles. The van der Waals surface area contributed by atoms with Gasteiger partial charge in [0, 0.05) is 23.7 Å². The van der Waals surface area contributed by atoms with E-state index in [0.29, 0.717) is 23.7 Å². The summed E-state index contributed by atoms with van der Waals surface area (Å²) < 4.78 is 0. The number of halogens is 1. The van der Waals surface area contributed by atoms with Crippen molar-refractivity contribution in [2.24, 2.45) is 4.99 Å². The van der Waals surface area contributed by atoms with Crippen LogP contribution in [-0.2, 0) is 9.59 Å². The molecule has 1 saturated heterocycles. The zero-order valence-electron chi connectivity index (χ0n) is 10.5. The van der Waals surface area contributed by atoms with E-state index in [0.717, 1.165) is 6.42 Å². The predicted molar refractivity (Wildman–Crippen MR) is 74.6 cm³/mol. The first-order chi connectivity index (χ1) is 9.59. The van der Waals surface area contributed by atoms with Crippen LogP contribution in [0.2, 0.25) is 5.02 Å². The van der Waals surface area contributed by atoms with Crippen molar-refractivity contribution in [3.8, 4) is 0 Å². The minimum atomic E-state index is -0.710. The van der Waals surface area contributed by atoms with E-state index in [1.807, 2.05) is 0 Å². The topological polar surface area (TPSA) is 70.0 Å². The molecule has 1 fully saturated rings. The van der Waals surface area contributed by atoms with Crippen LogP contribution in [0.4, 0.5) is 0 Å². The first-order valence-electron chi connectivity index (χ1n) is 6.20. The molecule has 1 N–H and O–H groups in total. The van der Waals surface area contributed by atoms with Crippen LogP contribution in [0.5, 0.6) is 0 Å². The maximum atomic E-state index is 12.0. The molecule has 2 heterocycles. The van der Waals surface area contributed by atoms with Crippen LogP contribution in [0, 0.1) is 0 Å². The lowest BCUT2D eigenvalue weighted by molar-refractivity contribution is -0.138. The summed E-state index contributed by atoms with van der Waals surface area (Å²) in [5.74, 6) is -1.29.